The molecule has 5 aliphatic rings. The molecule has 3 amide bonds. The van der Waals surface area contributed by atoms with Crippen molar-refractivity contribution in [3.8, 4) is 0 Å². The number of alkyl carbamates (subject to hydrolysis) is 1. The van der Waals surface area contributed by atoms with Crippen molar-refractivity contribution in [2.75, 3.05) is 19.8 Å². The van der Waals surface area contributed by atoms with Gasteiger partial charge in [-0.05, 0) is 78.1 Å². The summed E-state index contributed by atoms with van der Waals surface area (Å²) >= 11 is 3.75. The number of aliphatic hydroxyl groups excluding tert-OH is 1. The molecule has 15 nitrogen and oxygen atoms in total. The van der Waals surface area contributed by atoms with Crippen molar-refractivity contribution < 1.29 is 38.9 Å². The summed E-state index contributed by atoms with van der Waals surface area (Å²) in [7, 11) is 0. The number of amides is 3. The number of allylic oxidation sites excluding steroid dienone is 1. The quantitative estimate of drug-likeness (QED) is 0.147. The van der Waals surface area contributed by atoms with E-state index in [0.29, 0.717) is 25.9 Å². The molecular formula is C32H52BrN7O8. The van der Waals surface area contributed by atoms with Crippen molar-refractivity contribution in [3.63, 3.8) is 0 Å². The maximum Gasteiger partial charge on any atom is 0.408 e. The van der Waals surface area contributed by atoms with E-state index in [0.717, 1.165) is 38.5 Å². The average molecular weight is 743 g/mol. The van der Waals surface area contributed by atoms with Crippen LogP contribution in [0.5, 0.6) is 0 Å². The number of hydrazine groups is 3. The smallest absolute Gasteiger partial charge is 0.408 e. The van der Waals surface area contributed by atoms with E-state index in [1.165, 1.54) is 4.90 Å². The second kappa shape index (κ2) is 15.7. The molecule has 5 rings (SSSR count). The van der Waals surface area contributed by atoms with E-state index < -0.39 is 47.1 Å². The van der Waals surface area contributed by atoms with Crippen LogP contribution in [0.4, 0.5) is 4.79 Å². The normalized spacial score (nSPS) is 37.4. The van der Waals surface area contributed by atoms with Crippen molar-refractivity contribution in [2.45, 2.75) is 131 Å². The minimum absolute atomic E-state index is 0.0169. The molecule has 0 spiro atoms. The third-order valence-corrected chi connectivity index (χ3v) is 10.9. The third kappa shape index (κ3) is 8.87. The fourth-order valence-corrected chi connectivity index (χ4v) is 8.20. The first-order valence-corrected chi connectivity index (χ1v) is 18.2. The molecule has 0 aromatic heterocycles. The van der Waals surface area contributed by atoms with Crippen molar-refractivity contribution >= 4 is 39.8 Å². The van der Waals surface area contributed by atoms with Crippen molar-refractivity contribution in [1.29, 1.82) is 0 Å². The van der Waals surface area contributed by atoms with Gasteiger partial charge in [-0.1, -0.05) is 40.9 Å². The van der Waals surface area contributed by atoms with E-state index in [9.17, 15) is 24.3 Å². The molecule has 0 aromatic carbocycles. The fourth-order valence-electron chi connectivity index (χ4n) is 7.30. The van der Waals surface area contributed by atoms with Crippen molar-refractivity contribution in [2.24, 2.45) is 11.8 Å². The topological polar surface area (TPSA) is 194 Å². The van der Waals surface area contributed by atoms with Crippen LogP contribution in [-0.4, -0.2) is 110 Å². The Bertz CT molecular complexity index is 1220. The molecule has 0 aromatic rings. The number of hydrogen-bond donors (Lipinski definition) is 7. The number of carboxylic acid groups (broad SMARTS) is 1. The lowest BCUT2D eigenvalue weighted by atomic mass is 9.85. The number of aliphatic hydroxyl groups is 1. The molecule has 4 fully saturated rings. The Morgan fingerprint density at radius 3 is 2.65 bits per heavy atom. The predicted molar refractivity (Wildman–Crippen MR) is 178 cm³/mol. The van der Waals surface area contributed by atoms with Crippen LogP contribution in [-0.2, 0) is 23.9 Å². The van der Waals surface area contributed by atoms with Gasteiger partial charge in [0.2, 0.25) is 11.8 Å². The van der Waals surface area contributed by atoms with Gasteiger partial charge in [0.05, 0.1) is 31.5 Å². The van der Waals surface area contributed by atoms with Crippen LogP contribution >= 0.6 is 15.9 Å². The van der Waals surface area contributed by atoms with Gasteiger partial charge in [-0.25, -0.2) is 20.4 Å². The second-order valence-electron chi connectivity index (χ2n) is 14.7. The van der Waals surface area contributed by atoms with Gasteiger partial charge in [0.1, 0.15) is 23.2 Å². The number of nitrogens with one attached hydrogen (secondary N) is 5. The highest BCUT2D eigenvalue weighted by Gasteiger charge is 2.61. The number of fused-ring (bicyclic) bond motifs is 2. The number of carboxylic acids is 1. The molecule has 2 aliphatic carbocycles. The Morgan fingerprint density at radius 1 is 1.15 bits per heavy atom. The fraction of sp³-hybridized carbons (Fsp3) is 0.812. The second-order valence-corrected chi connectivity index (χ2v) is 15.9. The zero-order valence-corrected chi connectivity index (χ0v) is 29.7. The summed E-state index contributed by atoms with van der Waals surface area (Å²) in [5.74, 6) is -2.10. The Balaban J connectivity index is 1.32. The van der Waals surface area contributed by atoms with Crippen LogP contribution in [0.2, 0.25) is 0 Å². The van der Waals surface area contributed by atoms with Gasteiger partial charge in [0, 0.05) is 17.3 Å². The maximum atomic E-state index is 14.3. The number of nitrogens with zero attached hydrogens (tertiary/aromatic N) is 2. The molecule has 3 aliphatic heterocycles. The molecule has 16 heteroatoms. The van der Waals surface area contributed by atoms with E-state index >= 15 is 0 Å². The molecule has 4 unspecified atom stereocenters. The van der Waals surface area contributed by atoms with Gasteiger partial charge < -0.3 is 35.2 Å². The lowest BCUT2D eigenvalue weighted by Gasteiger charge is -2.35. The minimum atomic E-state index is -1.41. The maximum absolute atomic E-state index is 14.3. The molecule has 2 saturated heterocycles. The average Bonchev–Trinajstić information content (AvgIpc) is 3.32. The van der Waals surface area contributed by atoms with Crippen LogP contribution in [0.1, 0.15) is 85.0 Å². The van der Waals surface area contributed by atoms with E-state index in [4.69, 9.17) is 14.6 Å². The molecule has 7 N–H and O–H groups in total. The van der Waals surface area contributed by atoms with Crippen LogP contribution < -0.4 is 27.0 Å². The summed E-state index contributed by atoms with van der Waals surface area (Å²) in [5.41, 5.74) is 7.81. The predicted octanol–water partition coefficient (Wildman–Crippen LogP) is 1.43. The van der Waals surface area contributed by atoms with Crippen molar-refractivity contribution in [1.82, 2.24) is 37.0 Å². The van der Waals surface area contributed by atoms with Crippen LogP contribution in [0, 0.1) is 11.8 Å². The Kier molecular flexibility index (Phi) is 12.1. The largest absolute Gasteiger partial charge is 0.479 e. The first-order chi connectivity index (χ1) is 22.8. The van der Waals surface area contributed by atoms with E-state index in [2.05, 4.69) is 42.9 Å². The number of carbonyl (C=O) groups is 4. The van der Waals surface area contributed by atoms with Gasteiger partial charge in [0.25, 0.3) is 0 Å². The van der Waals surface area contributed by atoms with Gasteiger partial charge in [0.15, 0.2) is 0 Å². The highest BCUT2D eigenvalue weighted by Crippen LogP contribution is 2.45. The molecule has 9 atom stereocenters. The Morgan fingerprint density at radius 2 is 1.94 bits per heavy atom. The number of ether oxygens (including phenoxy) is 2. The van der Waals surface area contributed by atoms with Gasteiger partial charge in [-0.15, -0.1) is 0 Å². The van der Waals surface area contributed by atoms with E-state index in [-0.39, 0.29) is 54.5 Å². The highest BCUT2D eigenvalue weighted by atomic mass is 79.9. The molecule has 48 heavy (non-hydrogen) atoms. The lowest BCUT2D eigenvalue weighted by molar-refractivity contribution is -0.145. The molecule has 3 heterocycles. The molecule has 270 valence electrons. The first kappa shape index (κ1) is 36.9. The Labute approximate surface area is 290 Å². The summed E-state index contributed by atoms with van der Waals surface area (Å²) in [6.07, 6.45) is 9.64. The van der Waals surface area contributed by atoms with Crippen LogP contribution in [0.15, 0.2) is 12.2 Å². The summed E-state index contributed by atoms with van der Waals surface area (Å²) in [5, 5.41) is 26.6. The van der Waals surface area contributed by atoms with Crippen LogP contribution in [0.3, 0.4) is 0 Å². The zero-order valence-electron chi connectivity index (χ0n) is 28.1. The monoisotopic (exact) mass is 741 g/mol. The standard InChI is InChI=1S/C32H52BrN7O8/c1-31(2,3)48-30(46)34-23-10-8-6-4-5-7-9-20-17-32(20,29(44)45)35-27(42)24-16-21(18-39(24)28(23)43)40-37-26(36-38-40)19-11-12-25(22(33)15-19)47-14-13-41/h7,9,19-26,36-38,41H,4-6,8,10-18H2,1-3H3,(H,34,46)(H,35,42)(H,44,45)/b9-7-/t19?,20-,21+,22?,23-,24+,25?,26?,32+/m1/s1. The minimum Gasteiger partial charge on any atom is -0.479 e. The Hall–Kier alpha value is -2.34. The number of hydrogen-bond acceptors (Lipinski definition) is 11. The van der Waals surface area contributed by atoms with Crippen molar-refractivity contribution in [3.05, 3.63) is 12.2 Å². The first-order valence-electron chi connectivity index (χ1n) is 17.3. The summed E-state index contributed by atoms with van der Waals surface area (Å²) < 4.78 is 11.3. The summed E-state index contributed by atoms with van der Waals surface area (Å²) in [6, 6.07) is -2.21. The number of aliphatic carboxylic acids is 1. The zero-order chi connectivity index (χ0) is 34.6. The number of halogens is 1. The number of rotatable bonds is 7. The summed E-state index contributed by atoms with van der Waals surface area (Å²) in [4.78, 5) is 55.1. The SMILES string of the molecule is CC(C)(C)OC(=O)N[C@@H]1CCCCC/C=C\[C@@H]2C[C@]2(C(=O)O)NC(=O)[C@@H]2C[C@H](N3NNC(C4CCC(OCCO)C(Br)C4)N3)CN2C1=O. The van der Waals surface area contributed by atoms with Crippen LogP contribution in [0.25, 0.3) is 0 Å². The van der Waals surface area contributed by atoms with E-state index in [1.807, 2.05) is 12.2 Å². The van der Waals surface area contributed by atoms with Gasteiger partial charge in [-0.2, -0.15) is 10.7 Å². The van der Waals surface area contributed by atoms with Gasteiger partial charge in [-0.3, -0.25) is 9.59 Å². The number of carbonyl (C=O) groups excluding carboxylic acids is 3. The van der Waals surface area contributed by atoms with Gasteiger partial charge >= 0.3 is 12.1 Å². The third-order valence-electron chi connectivity index (χ3n) is 9.96. The van der Waals surface area contributed by atoms with E-state index in [1.54, 1.807) is 25.9 Å². The molecule has 2 saturated carbocycles. The lowest BCUT2D eigenvalue weighted by Crippen LogP contribution is -2.56. The molecule has 0 radical (unpaired) electrons. The summed E-state index contributed by atoms with van der Waals surface area (Å²) in [6.45, 7) is 5.70. The molecular weight excluding hydrogens is 690 g/mol. The molecule has 0 bridgehead atoms. The highest BCUT2D eigenvalue weighted by molar-refractivity contribution is 9.09. The number of alkyl halides is 1.